The van der Waals surface area contributed by atoms with Crippen molar-refractivity contribution in [1.82, 2.24) is 0 Å². The summed E-state index contributed by atoms with van der Waals surface area (Å²) in [6, 6.07) is 0. The van der Waals surface area contributed by atoms with E-state index in [-0.39, 0.29) is 25.6 Å². The minimum Gasteiger partial charge on any atom is -0.462 e. The van der Waals surface area contributed by atoms with Crippen molar-refractivity contribution in [3.63, 3.8) is 0 Å². The molecule has 0 heterocycles. The molecular formula is C63H123NO8P+. The van der Waals surface area contributed by atoms with Crippen molar-refractivity contribution >= 4 is 19.8 Å². The minimum absolute atomic E-state index is 0.0310. The van der Waals surface area contributed by atoms with Crippen LogP contribution in [0.5, 0.6) is 0 Å². The van der Waals surface area contributed by atoms with E-state index in [1.165, 1.54) is 218 Å². The van der Waals surface area contributed by atoms with Crippen LogP contribution in [0.3, 0.4) is 0 Å². The van der Waals surface area contributed by atoms with Gasteiger partial charge in [-0.15, -0.1) is 0 Å². The van der Waals surface area contributed by atoms with Gasteiger partial charge >= 0.3 is 19.8 Å². The smallest absolute Gasteiger partial charge is 0.462 e. The average molecular weight is 1050 g/mol. The molecular weight excluding hydrogens is 930 g/mol. The number of phosphoric ester groups is 1. The molecule has 0 aromatic heterocycles. The number of esters is 2. The van der Waals surface area contributed by atoms with Gasteiger partial charge in [0.15, 0.2) is 6.10 Å². The molecule has 0 bridgehead atoms. The maximum Gasteiger partial charge on any atom is 0.472 e. The third-order valence-corrected chi connectivity index (χ3v) is 15.2. The third-order valence-electron chi connectivity index (χ3n) is 14.2. The number of unbranched alkanes of at least 4 members (excludes halogenated alkanes) is 41. The SMILES string of the molecule is CCCC/C=C\C/C=C\CCCCCCCC(=O)OC(COC(=O)CCCCCCCCCCCCCCCCCCCCCCCCCCCCCCCCCCCCC)COP(=O)(O)OCC[N+](C)(C)C. The zero-order chi connectivity index (χ0) is 53.5. The summed E-state index contributed by atoms with van der Waals surface area (Å²) >= 11 is 0. The van der Waals surface area contributed by atoms with Gasteiger partial charge < -0.3 is 18.9 Å². The average Bonchev–Trinajstić information content (AvgIpc) is 3.35. The van der Waals surface area contributed by atoms with Crippen LogP contribution < -0.4 is 0 Å². The van der Waals surface area contributed by atoms with Crippen molar-refractivity contribution in [2.75, 3.05) is 47.5 Å². The van der Waals surface area contributed by atoms with Crippen molar-refractivity contribution in [3.05, 3.63) is 24.3 Å². The molecule has 9 nitrogen and oxygen atoms in total. The Balaban J connectivity index is 3.89. The number of phosphoric acid groups is 1. The number of likely N-dealkylation sites (N-methyl/N-ethyl adjacent to an activating group) is 1. The van der Waals surface area contributed by atoms with Crippen LogP contribution in [0, 0.1) is 0 Å². The zero-order valence-electron chi connectivity index (χ0n) is 49.1. The highest BCUT2D eigenvalue weighted by Gasteiger charge is 2.27. The van der Waals surface area contributed by atoms with Gasteiger partial charge in [0, 0.05) is 12.8 Å². The topological polar surface area (TPSA) is 108 Å². The number of carbonyl (C=O) groups excluding carboxylic acids is 2. The number of ether oxygens (including phenoxy) is 2. The molecule has 0 saturated carbocycles. The van der Waals surface area contributed by atoms with E-state index in [1.54, 1.807) is 0 Å². The molecule has 0 spiro atoms. The highest BCUT2D eigenvalue weighted by atomic mass is 31.2. The normalized spacial score (nSPS) is 13.3. The summed E-state index contributed by atoms with van der Waals surface area (Å²) in [6.45, 7) is 4.42. The molecule has 0 aliphatic heterocycles. The Hall–Kier alpha value is -1.51. The Labute approximate surface area is 453 Å². The van der Waals surface area contributed by atoms with Gasteiger partial charge in [0.1, 0.15) is 19.8 Å². The first-order valence-corrected chi connectivity index (χ1v) is 33.1. The van der Waals surface area contributed by atoms with Crippen LogP contribution in [-0.4, -0.2) is 74.9 Å². The fourth-order valence-electron chi connectivity index (χ4n) is 9.33. The molecule has 0 aliphatic carbocycles. The van der Waals surface area contributed by atoms with E-state index in [2.05, 4.69) is 38.2 Å². The predicted octanol–water partition coefficient (Wildman–Crippen LogP) is 19.8. The minimum atomic E-state index is -4.38. The summed E-state index contributed by atoms with van der Waals surface area (Å²) in [7, 11) is 1.48. The second-order valence-electron chi connectivity index (χ2n) is 22.8. The summed E-state index contributed by atoms with van der Waals surface area (Å²) in [6.07, 6.45) is 67.2. The first-order valence-electron chi connectivity index (χ1n) is 31.6. The van der Waals surface area contributed by atoms with Crippen LogP contribution in [0.4, 0.5) is 0 Å². The molecule has 0 radical (unpaired) electrons. The summed E-state index contributed by atoms with van der Waals surface area (Å²) in [5.41, 5.74) is 0. The van der Waals surface area contributed by atoms with E-state index in [1.807, 2.05) is 21.1 Å². The Kier molecular flexibility index (Phi) is 54.1. The van der Waals surface area contributed by atoms with Crippen molar-refractivity contribution in [2.24, 2.45) is 0 Å². The lowest BCUT2D eigenvalue weighted by Gasteiger charge is -2.24. The van der Waals surface area contributed by atoms with Gasteiger partial charge in [-0.25, -0.2) is 4.57 Å². The van der Waals surface area contributed by atoms with Crippen LogP contribution in [0.2, 0.25) is 0 Å². The van der Waals surface area contributed by atoms with Crippen LogP contribution in [-0.2, 0) is 32.7 Å². The molecule has 2 atom stereocenters. The van der Waals surface area contributed by atoms with Gasteiger partial charge in [0.25, 0.3) is 0 Å². The Morgan fingerprint density at radius 3 is 1.12 bits per heavy atom. The Morgan fingerprint density at radius 2 is 0.753 bits per heavy atom. The molecule has 2 unspecified atom stereocenters. The molecule has 0 rings (SSSR count). The lowest BCUT2D eigenvalue weighted by Crippen LogP contribution is -2.37. The molecule has 1 N–H and O–H groups in total. The Morgan fingerprint density at radius 1 is 0.425 bits per heavy atom. The molecule has 432 valence electrons. The van der Waals surface area contributed by atoms with E-state index in [4.69, 9.17) is 18.5 Å². The largest absolute Gasteiger partial charge is 0.472 e. The molecule has 10 heteroatoms. The van der Waals surface area contributed by atoms with Crippen molar-refractivity contribution < 1.29 is 42.1 Å². The summed E-state index contributed by atoms with van der Waals surface area (Å²) < 4.78 is 34.5. The second-order valence-corrected chi connectivity index (χ2v) is 24.3. The van der Waals surface area contributed by atoms with E-state index in [0.717, 1.165) is 64.2 Å². The Bertz CT molecular complexity index is 1280. The number of hydrogen-bond acceptors (Lipinski definition) is 7. The van der Waals surface area contributed by atoms with Crippen molar-refractivity contribution in [3.8, 4) is 0 Å². The maximum absolute atomic E-state index is 12.8. The van der Waals surface area contributed by atoms with Crippen LogP contribution in [0.15, 0.2) is 24.3 Å². The standard InChI is InChI=1S/C63H122NO8P/c1-6-8-10-12-14-16-18-20-22-23-24-25-26-27-28-29-30-31-32-33-34-35-36-37-38-39-40-41-42-44-45-47-49-51-53-55-62(65)69-59-61(60-71-73(67,68)70-58-57-64(3,4)5)72-63(66)56-54-52-50-48-46-43-21-19-17-15-13-11-9-7-2/h13,15,19,21,61H,6-12,14,16-18,20,22-60H2,1-5H3/p+1/b15-13-,21-19-. The lowest BCUT2D eigenvalue weighted by molar-refractivity contribution is -0.870. The maximum atomic E-state index is 12.8. The lowest BCUT2D eigenvalue weighted by atomic mass is 10.0. The molecule has 0 aromatic carbocycles. The van der Waals surface area contributed by atoms with Gasteiger partial charge in [-0.1, -0.05) is 289 Å². The highest BCUT2D eigenvalue weighted by Crippen LogP contribution is 2.43. The van der Waals surface area contributed by atoms with E-state index >= 15 is 0 Å². The number of nitrogens with zero attached hydrogens (tertiary/aromatic N) is 1. The van der Waals surface area contributed by atoms with Crippen molar-refractivity contribution in [1.29, 1.82) is 0 Å². The first kappa shape index (κ1) is 71.5. The van der Waals surface area contributed by atoms with E-state index in [9.17, 15) is 19.0 Å². The number of carbonyl (C=O) groups is 2. The first-order chi connectivity index (χ1) is 35.5. The van der Waals surface area contributed by atoms with Gasteiger partial charge in [-0.05, 0) is 38.5 Å². The molecule has 0 fully saturated rings. The van der Waals surface area contributed by atoms with Gasteiger partial charge in [0.05, 0.1) is 27.7 Å². The summed E-state index contributed by atoms with van der Waals surface area (Å²) in [5, 5.41) is 0. The van der Waals surface area contributed by atoms with Crippen LogP contribution in [0.25, 0.3) is 0 Å². The van der Waals surface area contributed by atoms with Crippen molar-refractivity contribution in [2.45, 2.75) is 322 Å². The number of rotatable bonds is 59. The summed E-state index contributed by atoms with van der Waals surface area (Å²) in [5.74, 6) is -0.799. The fraction of sp³-hybridized carbons (Fsp3) is 0.905. The van der Waals surface area contributed by atoms with Crippen LogP contribution in [0.1, 0.15) is 316 Å². The molecule has 0 aliphatic rings. The quantitative estimate of drug-likeness (QED) is 0.0211. The van der Waals surface area contributed by atoms with Gasteiger partial charge in [-0.3, -0.25) is 18.6 Å². The number of hydrogen-bond donors (Lipinski definition) is 1. The van der Waals surface area contributed by atoms with E-state index in [0.29, 0.717) is 23.9 Å². The third kappa shape index (κ3) is 59.6. The van der Waals surface area contributed by atoms with E-state index < -0.39 is 26.5 Å². The molecule has 0 saturated heterocycles. The van der Waals surface area contributed by atoms with Gasteiger partial charge in [-0.2, -0.15) is 0 Å². The summed E-state index contributed by atoms with van der Waals surface area (Å²) in [4.78, 5) is 35.6. The number of allylic oxidation sites excluding steroid dienone is 4. The molecule has 0 aromatic rings. The van der Waals surface area contributed by atoms with Crippen LogP contribution >= 0.6 is 7.82 Å². The highest BCUT2D eigenvalue weighted by molar-refractivity contribution is 7.47. The number of quaternary nitrogens is 1. The fourth-order valence-corrected chi connectivity index (χ4v) is 10.1. The predicted molar refractivity (Wildman–Crippen MR) is 312 cm³/mol. The monoisotopic (exact) mass is 1050 g/mol. The zero-order valence-corrected chi connectivity index (χ0v) is 50.0. The molecule has 73 heavy (non-hydrogen) atoms. The van der Waals surface area contributed by atoms with Gasteiger partial charge in [0.2, 0.25) is 0 Å². The molecule has 0 amide bonds. The second kappa shape index (κ2) is 55.3.